The molecule has 3 atom stereocenters. The van der Waals surface area contributed by atoms with Gasteiger partial charge in [0.25, 0.3) is 0 Å². The Morgan fingerprint density at radius 2 is 2.25 bits per heavy atom. The van der Waals surface area contributed by atoms with Crippen LogP contribution >= 0.6 is 0 Å². The van der Waals surface area contributed by atoms with Gasteiger partial charge in [0.15, 0.2) is 0 Å². The third-order valence-electron chi connectivity index (χ3n) is 4.11. The largest absolute Gasteiger partial charge is 0.493 e. The van der Waals surface area contributed by atoms with Crippen LogP contribution in [0.2, 0.25) is 0 Å². The quantitative estimate of drug-likeness (QED) is 0.826. The number of carboxylic acid groups (broad SMARTS) is 1. The first-order valence-corrected chi connectivity index (χ1v) is 7.48. The van der Waals surface area contributed by atoms with Gasteiger partial charge in [-0.2, -0.15) is 0 Å². The van der Waals surface area contributed by atoms with Gasteiger partial charge in [0, 0.05) is 0 Å². The number of aryl methyl sites for hydroxylation is 1. The average Bonchev–Trinajstić information content (AvgIpc) is 3.18. The lowest BCUT2D eigenvalue weighted by molar-refractivity contribution is -0.139. The molecule has 0 heterocycles. The van der Waals surface area contributed by atoms with Gasteiger partial charge in [-0.05, 0) is 49.7 Å². The molecule has 2 rings (SSSR count). The summed E-state index contributed by atoms with van der Waals surface area (Å²) in [5, 5.41) is 9.03. The Kier molecular flexibility index (Phi) is 4.69. The Morgan fingerprint density at radius 3 is 2.85 bits per heavy atom. The zero-order chi connectivity index (χ0) is 14.7. The van der Waals surface area contributed by atoms with Crippen LogP contribution in [-0.2, 0) is 11.2 Å². The van der Waals surface area contributed by atoms with Gasteiger partial charge in [0.1, 0.15) is 5.75 Å². The monoisotopic (exact) mass is 276 g/mol. The van der Waals surface area contributed by atoms with Crippen molar-refractivity contribution in [2.45, 2.75) is 40.0 Å². The normalized spacial score (nSPS) is 22.4. The van der Waals surface area contributed by atoms with E-state index in [0.717, 1.165) is 31.6 Å². The highest BCUT2D eigenvalue weighted by molar-refractivity contribution is 5.73. The highest BCUT2D eigenvalue weighted by Crippen LogP contribution is 2.46. The van der Waals surface area contributed by atoms with Crippen molar-refractivity contribution in [3.05, 3.63) is 29.3 Å². The van der Waals surface area contributed by atoms with E-state index in [2.05, 4.69) is 32.9 Å². The fourth-order valence-electron chi connectivity index (χ4n) is 2.85. The lowest BCUT2D eigenvalue weighted by atomic mass is 9.94. The molecule has 3 nitrogen and oxygen atoms in total. The minimum Gasteiger partial charge on any atom is -0.493 e. The first-order chi connectivity index (χ1) is 9.52. The minimum absolute atomic E-state index is 0.130. The number of hydrogen-bond donors (Lipinski definition) is 1. The smallest absolute Gasteiger partial charge is 0.306 e. The van der Waals surface area contributed by atoms with E-state index in [1.165, 1.54) is 11.1 Å². The average molecular weight is 276 g/mol. The predicted octanol–water partition coefficient (Wildman–Crippen LogP) is 3.68. The number of carboxylic acids is 1. The molecule has 0 bridgehead atoms. The molecule has 1 N–H and O–H groups in total. The maximum Gasteiger partial charge on any atom is 0.306 e. The zero-order valence-electron chi connectivity index (χ0n) is 12.6. The minimum atomic E-state index is -0.645. The molecule has 1 aliphatic carbocycles. The van der Waals surface area contributed by atoms with Crippen LogP contribution in [0.5, 0.6) is 5.75 Å². The summed E-state index contributed by atoms with van der Waals surface area (Å²) in [6.07, 6.45) is 2.72. The van der Waals surface area contributed by atoms with E-state index in [0.29, 0.717) is 11.8 Å². The highest BCUT2D eigenvalue weighted by Gasteiger charge is 2.46. The highest BCUT2D eigenvalue weighted by atomic mass is 16.5. The molecule has 0 aromatic heterocycles. The van der Waals surface area contributed by atoms with Gasteiger partial charge in [-0.15, -0.1) is 0 Å². The van der Waals surface area contributed by atoms with Crippen molar-refractivity contribution in [3.63, 3.8) is 0 Å². The molecule has 0 aliphatic heterocycles. The molecule has 0 saturated heterocycles. The van der Waals surface area contributed by atoms with E-state index in [-0.39, 0.29) is 5.92 Å². The molecule has 0 radical (unpaired) electrons. The number of benzene rings is 1. The summed E-state index contributed by atoms with van der Waals surface area (Å²) in [5.74, 6) is 0.897. The van der Waals surface area contributed by atoms with Crippen molar-refractivity contribution in [1.29, 1.82) is 0 Å². The molecular weight excluding hydrogens is 252 g/mol. The van der Waals surface area contributed by atoms with Gasteiger partial charge >= 0.3 is 5.97 Å². The van der Waals surface area contributed by atoms with Gasteiger partial charge in [-0.1, -0.05) is 31.5 Å². The fourth-order valence-corrected chi connectivity index (χ4v) is 2.85. The van der Waals surface area contributed by atoms with Crippen LogP contribution in [0.25, 0.3) is 0 Å². The number of aliphatic carboxylic acids is 1. The molecule has 1 aliphatic rings. The summed E-state index contributed by atoms with van der Waals surface area (Å²) in [7, 11) is 0. The molecule has 1 aromatic carbocycles. The van der Waals surface area contributed by atoms with E-state index >= 15 is 0 Å². The van der Waals surface area contributed by atoms with Crippen molar-refractivity contribution < 1.29 is 14.6 Å². The molecule has 110 valence electrons. The number of hydrogen-bond acceptors (Lipinski definition) is 2. The van der Waals surface area contributed by atoms with E-state index in [1.54, 1.807) is 0 Å². The van der Waals surface area contributed by atoms with E-state index in [9.17, 15) is 4.79 Å². The number of ether oxygens (including phenoxy) is 1. The molecule has 3 heteroatoms. The Labute approximate surface area is 121 Å². The second kappa shape index (κ2) is 6.29. The van der Waals surface area contributed by atoms with Crippen LogP contribution < -0.4 is 4.74 Å². The van der Waals surface area contributed by atoms with E-state index < -0.39 is 5.97 Å². The summed E-state index contributed by atoms with van der Waals surface area (Å²) in [5.41, 5.74) is 2.43. The Balaban J connectivity index is 2.04. The fraction of sp³-hybridized carbons (Fsp3) is 0.588. The van der Waals surface area contributed by atoms with Gasteiger partial charge in [-0.3, -0.25) is 4.79 Å². The lowest BCUT2D eigenvalue weighted by Gasteiger charge is -2.16. The summed E-state index contributed by atoms with van der Waals surface area (Å²) in [4.78, 5) is 11.0. The van der Waals surface area contributed by atoms with Crippen molar-refractivity contribution in [1.82, 2.24) is 0 Å². The van der Waals surface area contributed by atoms with Crippen molar-refractivity contribution in [2.75, 3.05) is 6.61 Å². The second-order valence-corrected chi connectivity index (χ2v) is 5.99. The standard InChI is InChI=1S/C17H24O3/c1-4-7-20-16-6-5-11(2)8-13(16)9-12(3)14-10-15(14)17(18)19/h5-6,8,12,14-15H,4,7,9-10H2,1-3H3,(H,18,19). The predicted molar refractivity (Wildman–Crippen MR) is 79.1 cm³/mol. The maximum absolute atomic E-state index is 11.0. The van der Waals surface area contributed by atoms with Crippen LogP contribution in [0.1, 0.15) is 37.8 Å². The summed E-state index contributed by atoms with van der Waals surface area (Å²) >= 11 is 0. The van der Waals surface area contributed by atoms with Crippen molar-refractivity contribution in [3.8, 4) is 5.75 Å². The third-order valence-corrected chi connectivity index (χ3v) is 4.11. The Hall–Kier alpha value is -1.51. The molecule has 1 saturated carbocycles. The zero-order valence-corrected chi connectivity index (χ0v) is 12.6. The summed E-state index contributed by atoms with van der Waals surface area (Å²) < 4.78 is 5.80. The lowest BCUT2D eigenvalue weighted by Crippen LogP contribution is -2.09. The van der Waals surface area contributed by atoms with Crippen LogP contribution in [0.4, 0.5) is 0 Å². The molecule has 1 aromatic rings. The maximum atomic E-state index is 11.0. The van der Waals surface area contributed by atoms with Crippen LogP contribution in [0, 0.1) is 24.7 Å². The molecule has 0 spiro atoms. The SMILES string of the molecule is CCCOc1ccc(C)cc1CC(C)C1CC1C(=O)O. The van der Waals surface area contributed by atoms with E-state index in [4.69, 9.17) is 9.84 Å². The molecule has 20 heavy (non-hydrogen) atoms. The molecular formula is C17H24O3. The van der Waals surface area contributed by atoms with Gasteiger partial charge in [0.05, 0.1) is 12.5 Å². The van der Waals surface area contributed by atoms with Gasteiger partial charge < -0.3 is 9.84 Å². The van der Waals surface area contributed by atoms with Crippen LogP contribution in [-0.4, -0.2) is 17.7 Å². The second-order valence-electron chi connectivity index (χ2n) is 5.99. The van der Waals surface area contributed by atoms with Crippen LogP contribution in [0.15, 0.2) is 18.2 Å². The summed E-state index contributed by atoms with van der Waals surface area (Å²) in [6.45, 7) is 7.05. The third kappa shape index (κ3) is 3.53. The topological polar surface area (TPSA) is 46.5 Å². The van der Waals surface area contributed by atoms with Crippen molar-refractivity contribution >= 4 is 5.97 Å². The van der Waals surface area contributed by atoms with Crippen LogP contribution in [0.3, 0.4) is 0 Å². The molecule has 3 unspecified atom stereocenters. The molecule has 0 amide bonds. The molecule has 1 fully saturated rings. The number of carbonyl (C=O) groups is 1. The van der Waals surface area contributed by atoms with Gasteiger partial charge in [0.2, 0.25) is 0 Å². The first-order valence-electron chi connectivity index (χ1n) is 7.48. The Morgan fingerprint density at radius 1 is 1.50 bits per heavy atom. The first kappa shape index (κ1) is 14.9. The number of rotatable bonds is 7. The van der Waals surface area contributed by atoms with E-state index in [1.807, 2.05) is 6.07 Å². The Bertz CT molecular complexity index is 481. The summed E-state index contributed by atoms with van der Waals surface area (Å²) in [6, 6.07) is 6.27. The van der Waals surface area contributed by atoms with Crippen molar-refractivity contribution in [2.24, 2.45) is 17.8 Å². The van der Waals surface area contributed by atoms with Gasteiger partial charge in [-0.25, -0.2) is 0 Å².